The molecule has 0 aromatic heterocycles. The number of carbonyl (C=O) groups is 3. The molecule has 0 aliphatic heterocycles. The topological polar surface area (TPSA) is 90.9 Å². The van der Waals surface area contributed by atoms with E-state index in [0.717, 1.165) is 0 Å². The van der Waals surface area contributed by atoms with Crippen LogP contribution in [-0.2, 0) is 14.3 Å². The number of Topliss-reactive ketones (excluding diaryl/α,β-unsaturated/α-hetero) is 1. The number of nitrogens with one attached hydrogen (secondary N) is 1. The number of benzene rings is 2. The molecule has 0 spiro atoms. The summed E-state index contributed by atoms with van der Waals surface area (Å²) >= 11 is 0. The molecule has 29 heavy (non-hydrogen) atoms. The van der Waals surface area contributed by atoms with Gasteiger partial charge in [-0.1, -0.05) is 0 Å². The van der Waals surface area contributed by atoms with Crippen LogP contribution in [0.2, 0.25) is 0 Å². The summed E-state index contributed by atoms with van der Waals surface area (Å²) in [5.41, 5.74) is 1.67. The lowest BCUT2D eigenvalue weighted by Gasteiger charge is -2.12. The fraction of sp³-hybridized carbons (Fsp3) is 0.227. The van der Waals surface area contributed by atoms with Crippen molar-refractivity contribution in [1.29, 1.82) is 0 Å². The molecule has 1 unspecified atom stereocenters. The highest BCUT2D eigenvalue weighted by Gasteiger charge is 2.17. The first-order chi connectivity index (χ1) is 13.8. The van der Waals surface area contributed by atoms with Gasteiger partial charge in [-0.2, -0.15) is 0 Å². The van der Waals surface area contributed by atoms with Crippen LogP contribution < -0.4 is 14.8 Å². The quantitative estimate of drug-likeness (QED) is 0.417. The zero-order valence-electron chi connectivity index (χ0n) is 16.7. The summed E-state index contributed by atoms with van der Waals surface area (Å²) in [5, 5.41) is 2.63. The molecule has 0 bridgehead atoms. The Balaban J connectivity index is 1.96. The lowest BCUT2D eigenvalue weighted by molar-refractivity contribution is -0.148. The highest BCUT2D eigenvalue weighted by atomic mass is 16.5. The Morgan fingerprint density at radius 2 is 1.69 bits per heavy atom. The minimum atomic E-state index is -1.01. The van der Waals surface area contributed by atoms with Crippen molar-refractivity contribution in [2.24, 2.45) is 0 Å². The summed E-state index contributed by atoms with van der Waals surface area (Å²) in [7, 11) is 3.06. The fourth-order valence-electron chi connectivity index (χ4n) is 2.43. The number of carbonyl (C=O) groups excluding carboxylic acids is 3. The molecule has 7 heteroatoms. The Morgan fingerprint density at radius 3 is 2.28 bits per heavy atom. The van der Waals surface area contributed by atoms with Gasteiger partial charge in [0.25, 0.3) is 5.91 Å². The number of amides is 1. The number of ether oxygens (including phenoxy) is 3. The van der Waals surface area contributed by atoms with Crippen molar-refractivity contribution in [3.8, 4) is 11.5 Å². The van der Waals surface area contributed by atoms with Gasteiger partial charge in [-0.3, -0.25) is 9.59 Å². The van der Waals surface area contributed by atoms with E-state index in [2.05, 4.69) is 5.32 Å². The van der Waals surface area contributed by atoms with E-state index >= 15 is 0 Å². The van der Waals surface area contributed by atoms with Gasteiger partial charge in [0.15, 0.2) is 11.9 Å². The molecular formula is C22H23NO6. The summed E-state index contributed by atoms with van der Waals surface area (Å²) in [6.45, 7) is 2.93. The maximum atomic E-state index is 12.2. The fourth-order valence-corrected chi connectivity index (χ4v) is 2.43. The van der Waals surface area contributed by atoms with E-state index in [1.165, 1.54) is 40.2 Å². The largest absolute Gasteiger partial charge is 0.497 e. The van der Waals surface area contributed by atoms with Gasteiger partial charge in [0, 0.05) is 22.9 Å². The van der Waals surface area contributed by atoms with Crippen LogP contribution in [0, 0.1) is 0 Å². The molecule has 0 saturated heterocycles. The number of anilines is 1. The molecule has 0 radical (unpaired) electrons. The molecule has 0 aliphatic rings. The lowest BCUT2D eigenvalue weighted by atomic mass is 10.1. The van der Waals surface area contributed by atoms with Crippen LogP contribution in [-0.4, -0.2) is 38.0 Å². The zero-order valence-corrected chi connectivity index (χ0v) is 16.7. The molecule has 0 heterocycles. The first-order valence-corrected chi connectivity index (χ1v) is 8.86. The number of ketones is 1. The van der Waals surface area contributed by atoms with Crippen molar-refractivity contribution in [1.82, 2.24) is 0 Å². The first kappa shape index (κ1) is 21.7. The molecule has 152 valence electrons. The first-order valence-electron chi connectivity index (χ1n) is 8.86. The molecular weight excluding hydrogens is 374 g/mol. The van der Waals surface area contributed by atoms with Crippen LogP contribution in [0.1, 0.15) is 29.8 Å². The normalized spacial score (nSPS) is 11.6. The molecule has 2 rings (SSSR count). The second kappa shape index (κ2) is 10.1. The van der Waals surface area contributed by atoms with E-state index in [4.69, 9.17) is 14.2 Å². The van der Waals surface area contributed by atoms with Crippen LogP contribution in [0.15, 0.2) is 48.5 Å². The van der Waals surface area contributed by atoms with Crippen LogP contribution in [0.5, 0.6) is 11.5 Å². The predicted octanol–water partition coefficient (Wildman–Crippen LogP) is 3.49. The molecule has 0 aliphatic carbocycles. The average molecular weight is 397 g/mol. The van der Waals surface area contributed by atoms with E-state index < -0.39 is 18.0 Å². The third-order valence-electron chi connectivity index (χ3n) is 4.06. The second-order valence-electron chi connectivity index (χ2n) is 6.14. The van der Waals surface area contributed by atoms with Crippen LogP contribution in [0.4, 0.5) is 5.69 Å². The Hall–Kier alpha value is -3.61. The molecule has 1 N–H and O–H groups in total. The zero-order chi connectivity index (χ0) is 21.4. The summed E-state index contributed by atoms with van der Waals surface area (Å²) < 4.78 is 15.5. The lowest BCUT2D eigenvalue weighted by Crippen LogP contribution is -2.29. The average Bonchev–Trinajstić information content (AvgIpc) is 2.72. The molecule has 0 fully saturated rings. The van der Waals surface area contributed by atoms with E-state index in [9.17, 15) is 14.4 Å². The van der Waals surface area contributed by atoms with Crippen LogP contribution in [0.3, 0.4) is 0 Å². The van der Waals surface area contributed by atoms with Gasteiger partial charge >= 0.3 is 5.97 Å². The van der Waals surface area contributed by atoms with Crippen molar-refractivity contribution in [3.05, 3.63) is 59.7 Å². The van der Waals surface area contributed by atoms with E-state index in [1.54, 1.807) is 42.5 Å². The van der Waals surface area contributed by atoms with Gasteiger partial charge in [-0.05, 0) is 62.4 Å². The minimum Gasteiger partial charge on any atom is -0.497 e. The van der Waals surface area contributed by atoms with Crippen molar-refractivity contribution >= 4 is 29.4 Å². The Morgan fingerprint density at radius 1 is 1.00 bits per heavy atom. The number of hydrogen-bond donors (Lipinski definition) is 1. The molecule has 0 saturated carbocycles. The number of methoxy groups -OCH3 is 2. The van der Waals surface area contributed by atoms with E-state index in [1.807, 2.05) is 0 Å². The second-order valence-corrected chi connectivity index (χ2v) is 6.14. The monoisotopic (exact) mass is 397 g/mol. The highest BCUT2D eigenvalue weighted by Crippen LogP contribution is 2.25. The molecule has 1 atom stereocenters. The van der Waals surface area contributed by atoms with Gasteiger partial charge < -0.3 is 19.5 Å². The van der Waals surface area contributed by atoms with E-state index in [0.29, 0.717) is 28.3 Å². The van der Waals surface area contributed by atoms with Gasteiger partial charge in [-0.25, -0.2) is 4.79 Å². The molecule has 7 nitrogen and oxygen atoms in total. The summed E-state index contributed by atoms with van der Waals surface area (Å²) in [5.74, 6) is -0.0487. The highest BCUT2D eigenvalue weighted by molar-refractivity contribution is 5.98. The maximum Gasteiger partial charge on any atom is 0.331 e. The van der Waals surface area contributed by atoms with Crippen molar-refractivity contribution in [2.45, 2.75) is 20.0 Å². The third-order valence-corrected chi connectivity index (χ3v) is 4.06. The molecule has 2 aromatic rings. The summed E-state index contributed by atoms with van der Waals surface area (Å²) in [4.78, 5) is 35.6. The Labute approximate surface area is 169 Å². The van der Waals surface area contributed by atoms with Crippen molar-refractivity contribution in [3.63, 3.8) is 0 Å². The Kier molecular flexibility index (Phi) is 7.54. The SMILES string of the molecule is COc1ccc(OC)c(/C=C/C(=O)OC(C)C(=O)Nc2ccc(C(C)=O)cc2)c1. The standard InChI is InChI=1S/C22H23NO6/c1-14(24)16-5-8-18(9-6-16)23-22(26)15(2)29-21(25)12-7-17-13-19(27-3)10-11-20(17)28-4/h5-13,15H,1-4H3,(H,23,26)/b12-7+. The number of esters is 1. The minimum absolute atomic E-state index is 0.0652. The third kappa shape index (κ3) is 6.21. The summed E-state index contributed by atoms with van der Waals surface area (Å²) in [6, 6.07) is 11.6. The van der Waals surface area contributed by atoms with Crippen LogP contribution in [0.25, 0.3) is 6.08 Å². The maximum absolute atomic E-state index is 12.2. The van der Waals surface area contributed by atoms with E-state index in [-0.39, 0.29) is 5.78 Å². The van der Waals surface area contributed by atoms with Gasteiger partial charge in [0.05, 0.1) is 14.2 Å². The number of rotatable bonds is 8. The Bertz CT molecular complexity index is 917. The predicted molar refractivity (Wildman–Crippen MR) is 109 cm³/mol. The molecule has 2 aromatic carbocycles. The van der Waals surface area contributed by atoms with Crippen molar-refractivity contribution in [2.75, 3.05) is 19.5 Å². The number of hydrogen-bond acceptors (Lipinski definition) is 6. The van der Waals surface area contributed by atoms with Crippen LogP contribution >= 0.6 is 0 Å². The smallest absolute Gasteiger partial charge is 0.331 e. The van der Waals surface area contributed by atoms with Gasteiger partial charge in [0.1, 0.15) is 11.5 Å². The summed E-state index contributed by atoms with van der Waals surface area (Å²) in [6.07, 6.45) is 1.73. The van der Waals surface area contributed by atoms with Gasteiger partial charge in [-0.15, -0.1) is 0 Å². The molecule has 1 amide bonds. The van der Waals surface area contributed by atoms with Crippen molar-refractivity contribution < 1.29 is 28.6 Å². The van der Waals surface area contributed by atoms with Gasteiger partial charge in [0.2, 0.25) is 0 Å².